The molecule has 0 aromatic heterocycles. The first-order valence-corrected chi connectivity index (χ1v) is 8.90. The molecule has 1 aliphatic rings. The van der Waals surface area contributed by atoms with Crippen LogP contribution >= 0.6 is 0 Å². The van der Waals surface area contributed by atoms with Gasteiger partial charge in [0.25, 0.3) is 10.2 Å². The smallest absolute Gasteiger partial charge is 0.279 e. The van der Waals surface area contributed by atoms with Gasteiger partial charge in [-0.1, -0.05) is 27.7 Å². The fourth-order valence-electron chi connectivity index (χ4n) is 2.55. The van der Waals surface area contributed by atoms with Crippen molar-refractivity contribution >= 4 is 10.2 Å². The van der Waals surface area contributed by atoms with Crippen LogP contribution in [-0.2, 0) is 10.2 Å². The van der Waals surface area contributed by atoms with Gasteiger partial charge in [0, 0.05) is 25.7 Å². The number of nitrogens with zero attached hydrogens (tertiary/aromatic N) is 1. The number of hydrogen-bond donors (Lipinski definition) is 2. The van der Waals surface area contributed by atoms with E-state index in [1.54, 1.807) is 6.92 Å². The number of piperidine rings is 1. The van der Waals surface area contributed by atoms with Gasteiger partial charge in [-0.25, -0.2) is 0 Å². The lowest BCUT2D eigenvalue weighted by atomic mass is 9.76. The molecule has 1 rings (SSSR count). The molecule has 0 aliphatic carbocycles. The molecule has 0 radical (unpaired) electrons. The number of nitrogens with one attached hydrogen (secondary N) is 1. The monoisotopic (exact) mass is 306 g/mol. The van der Waals surface area contributed by atoms with Crippen molar-refractivity contribution in [3.05, 3.63) is 0 Å². The van der Waals surface area contributed by atoms with E-state index < -0.39 is 10.2 Å². The summed E-state index contributed by atoms with van der Waals surface area (Å²) in [5, 5.41) is 9.09. The summed E-state index contributed by atoms with van der Waals surface area (Å²) in [6.07, 6.45) is 1.82. The van der Waals surface area contributed by atoms with Crippen LogP contribution in [0, 0.1) is 17.3 Å². The largest absolute Gasteiger partial charge is 0.396 e. The van der Waals surface area contributed by atoms with Crippen molar-refractivity contribution in [1.29, 1.82) is 0 Å². The van der Waals surface area contributed by atoms with Gasteiger partial charge in [0.1, 0.15) is 0 Å². The fourth-order valence-corrected chi connectivity index (χ4v) is 4.09. The molecule has 0 spiro atoms. The zero-order valence-corrected chi connectivity index (χ0v) is 14.2. The van der Waals surface area contributed by atoms with E-state index in [4.69, 9.17) is 5.11 Å². The summed E-state index contributed by atoms with van der Waals surface area (Å²) >= 11 is 0. The molecule has 0 amide bonds. The SMILES string of the molecule is CC(CO)C(C)NS(=O)(=O)N1CCC(C(C)(C)C)CC1. The molecule has 0 aromatic rings. The van der Waals surface area contributed by atoms with Crippen molar-refractivity contribution in [2.24, 2.45) is 17.3 Å². The first-order chi connectivity index (χ1) is 9.08. The molecular weight excluding hydrogens is 276 g/mol. The van der Waals surface area contributed by atoms with Crippen LogP contribution < -0.4 is 4.72 Å². The van der Waals surface area contributed by atoms with E-state index in [1.807, 2.05) is 6.92 Å². The molecule has 1 heterocycles. The maximum Gasteiger partial charge on any atom is 0.279 e. The minimum atomic E-state index is -3.43. The Labute approximate surface area is 123 Å². The Balaban J connectivity index is 2.59. The van der Waals surface area contributed by atoms with Crippen molar-refractivity contribution in [3.8, 4) is 0 Å². The minimum absolute atomic E-state index is 0.0181. The summed E-state index contributed by atoms with van der Waals surface area (Å²) in [7, 11) is -3.43. The fraction of sp³-hybridized carbons (Fsp3) is 1.00. The summed E-state index contributed by atoms with van der Waals surface area (Å²) in [6, 6.07) is -0.259. The summed E-state index contributed by atoms with van der Waals surface area (Å²) in [4.78, 5) is 0. The zero-order valence-electron chi connectivity index (χ0n) is 13.4. The van der Waals surface area contributed by atoms with Crippen molar-refractivity contribution in [3.63, 3.8) is 0 Å². The second-order valence-electron chi connectivity index (χ2n) is 7.11. The Morgan fingerprint density at radius 2 is 1.75 bits per heavy atom. The highest BCUT2D eigenvalue weighted by Gasteiger charge is 2.34. The lowest BCUT2D eigenvalue weighted by molar-refractivity contribution is 0.152. The van der Waals surface area contributed by atoms with Crippen LogP contribution in [-0.4, -0.2) is 43.6 Å². The van der Waals surface area contributed by atoms with Crippen molar-refractivity contribution in [2.75, 3.05) is 19.7 Å². The van der Waals surface area contributed by atoms with Crippen molar-refractivity contribution in [1.82, 2.24) is 9.03 Å². The zero-order chi connectivity index (χ0) is 15.6. The van der Waals surface area contributed by atoms with Gasteiger partial charge in [-0.15, -0.1) is 0 Å². The first-order valence-electron chi connectivity index (χ1n) is 7.46. The van der Waals surface area contributed by atoms with Crippen LogP contribution in [0.25, 0.3) is 0 Å². The van der Waals surface area contributed by atoms with Crippen LogP contribution in [0.2, 0.25) is 0 Å². The number of hydrogen-bond acceptors (Lipinski definition) is 3. The van der Waals surface area contributed by atoms with Crippen LogP contribution in [0.4, 0.5) is 0 Å². The molecule has 0 bridgehead atoms. The molecule has 120 valence electrons. The standard InChI is InChI=1S/C14H30N2O3S/c1-11(10-17)12(2)15-20(18,19)16-8-6-13(7-9-16)14(3,4)5/h11-13,15,17H,6-10H2,1-5H3. The Morgan fingerprint density at radius 3 is 2.15 bits per heavy atom. The van der Waals surface area contributed by atoms with Crippen molar-refractivity contribution < 1.29 is 13.5 Å². The molecule has 20 heavy (non-hydrogen) atoms. The topological polar surface area (TPSA) is 69.6 Å². The van der Waals surface area contributed by atoms with Gasteiger partial charge in [-0.05, 0) is 37.0 Å². The maximum atomic E-state index is 12.3. The predicted octanol–water partition coefficient (Wildman–Crippen LogP) is 1.60. The maximum absolute atomic E-state index is 12.3. The highest BCUT2D eigenvalue weighted by Crippen LogP contribution is 2.34. The lowest BCUT2D eigenvalue weighted by Gasteiger charge is -2.38. The molecule has 0 saturated carbocycles. The van der Waals surface area contributed by atoms with Gasteiger partial charge in [0.15, 0.2) is 0 Å². The normalized spacial score (nSPS) is 22.7. The molecular formula is C14H30N2O3S. The highest BCUT2D eigenvalue weighted by atomic mass is 32.2. The molecule has 5 nitrogen and oxygen atoms in total. The van der Waals surface area contributed by atoms with Gasteiger partial charge in [-0.3, -0.25) is 0 Å². The second kappa shape index (κ2) is 6.73. The van der Waals surface area contributed by atoms with E-state index in [0.717, 1.165) is 12.8 Å². The molecule has 6 heteroatoms. The predicted molar refractivity (Wildman–Crippen MR) is 81.5 cm³/mol. The number of aliphatic hydroxyl groups excluding tert-OH is 1. The second-order valence-corrected chi connectivity index (χ2v) is 8.81. The van der Waals surface area contributed by atoms with Gasteiger partial charge in [-0.2, -0.15) is 17.4 Å². The minimum Gasteiger partial charge on any atom is -0.396 e. The summed E-state index contributed by atoms with van der Waals surface area (Å²) in [5.41, 5.74) is 0.238. The van der Waals surface area contributed by atoms with Gasteiger partial charge in [0.05, 0.1) is 0 Å². The van der Waals surface area contributed by atoms with Gasteiger partial charge < -0.3 is 5.11 Å². The average Bonchev–Trinajstić information content (AvgIpc) is 2.36. The Kier molecular flexibility index (Phi) is 6.01. The van der Waals surface area contributed by atoms with Gasteiger partial charge in [0.2, 0.25) is 0 Å². The first kappa shape index (κ1) is 17.9. The average molecular weight is 306 g/mol. The third kappa shape index (κ3) is 4.69. The van der Waals surface area contributed by atoms with E-state index in [-0.39, 0.29) is 24.0 Å². The lowest BCUT2D eigenvalue weighted by Crippen LogP contribution is -2.50. The third-order valence-electron chi connectivity index (χ3n) is 4.49. The van der Waals surface area contributed by atoms with Crippen LogP contribution in [0.1, 0.15) is 47.5 Å². The summed E-state index contributed by atoms with van der Waals surface area (Å²) in [6.45, 7) is 11.4. The number of rotatable bonds is 5. The van der Waals surface area contributed by atoms with E-state index >= 15 is 0 Å². The number of aliphatic hydroxyl groups is 1. The van der Waals surface area contributed by atoms with Crippen LogP contribution in [0.5, 0.6) is 0 Å². The molecule has 2 unspecified atom stereocenters. The summed E-state index contributed by atoms with van der Waals surface area (Å²) in [5.74, 6) is 0.486. The summed E-state index contributed by atoms with van der Waals surface area (Å²) < 4.78 is 28.8. The van der Waals surface area contributed by atoms with E-state index in [0.29, 0.717) is 19.0 Å². The molecule has 1 aliphatic heterocycles. The van der Waals surface area contributed by atoms with Crippen LogP contribution in [0.15, 0.2) is 0 Å². The van der Waals surface area contributed by atoms with Gasteiger partial charge >= 0.3 is 0 Å². The molecule has 2 N–H and O–H groups in total. The Bertz CT molecular complexity index is 395. The molecule has 0 aromatic carbocycles. The van der Waals surface area contributed by atoms with Crippen molar-refractivity contribution in [2.45, 2.75) is 53.5 Å². The van der Waals surface area contributed by atoms with E-state index in [2.05, 4.69) is 25.5 Å². The highest BCUT2D eigenvalue weighted by molar-refractivity contribution is 7.87. The third-order valence-corrected chi connectivity index (χ3v) is 6.21. The van der Waals surface area contributed by atoms with Crippen LogP contribution in [0.3, 0.4) is 0 Å². The molecule has 2 atom stereocenters. The van der Waals surface area contributed by atoms with E-state index in [1.165, 1.54) is 4.31 Å². The Hall–Kier alpha value is -0.170. The quantitative estimate of drug-likeness (QED) is 0.810. The Morgan fingerprint density at radius 1 is 1.25 bits per heavy atom. The molecule has 1 fully saturated rings. The van der Waals surface area contributed by atoms with E-state index in [9.17, 15) is 8.42 Å². The molecule has 1 saturated heterocycles.